The number of benzene rings is 1. The van der Waals surface area contributed by atoms with Crippen molar-refractivity contribution in [3.8, 4) is 0 Å². The summed E-state index contributed by atoms with van der Waals surface area (Å²) in [5, 5.41) is 0. The van der Waals surface area contributed by atoms with Gasteiger partial charge in [0.25, 0.3) is 5.91 Å². The highest BCUT2D eigenvalue weighted by molar-refractivity contribution is 5.93. The van der Waals surface area contributed by atoms with Gasteiger partial charge in [-0.3, -0.25) is 9.69 Å². The molecule has 0 aliphatic carbocycles. The van der Waals surface area contributed by atoms with Gasteiger partial charge in [0, 0.05) is 51.9 Å². The summed E-state index contributed by atoms with van der Waals surface area (Å²) in [4.78, 5) is 28.7. The van der Waals surface area contributed by atoms with Crippen molar-refractivity contribution >= 4 is 11.7 Å². The molecule has 0 unspecified atom stereocenters. The summed E-state index contributed by atoms with van der Waals surface area (Å²) in [6.07, 6.45) is 1.90. The molecule has 3 rings (SSSR count). The molecule has 1 amide bonds. The van der Waals surface area contributed by atoms with Crippen molar-refractivity contribution in [2.75, 3.05) is 44.2 Å². The van der Waals surface area contributed by atoms with Crippen LogP contribution in [0.4, 0.5) is 5.82 Å². The normalized spacial score (nSPS) is 14.8. The van der Waals surface area contributed by atoms with Crippen molar-refractivity contribution in [3.63, 3.8) is 0 Å². The van der Waals surface area contributed by atoms with Gasteiger partial charge < -0.3 is 9.80 Å². The fourth-order valence-electron chi connectivity index (χ4n) is 3.82. The number of carbonyl (C=O) groups is 1. The van der Waals surface area contributed by atoms with Gasteiger partial charge >= 0.3 is 0 Å². The van der Waals surface area contributed by atoms with Gasteiger partial charge in [-0.25, -0.2) is 9.97 Å². The molecule has 1 aliphatic heterocycles. The molecule has 2 aromatic rings. The smallest absolute Gasteiger partial charge is 0.272 e. The SMILES string of the molecule is CCCN(CCC)C(=O)c1cc(N2CCN(Cc3ccccc3)CC2)nc(C)n1. The molecule has 1 fully saturated rings. The van der Waals surface area contributed by atoms with Crippen LogP contribution in [-0.4, -0.2) is 64.9 Å². The first-order valence-corrected chi connectivity index (χ1v) is 10.8. The van der Waals surface area contributed by atoms with E-state index in [1.165, 1.54) is 5.56 Å². The minimum absolute atomic E-state index is 0.0168. The van der Waals surface area contributed by atoms with Gasteiger partial charge in [-0.05, 0) is 25.3 Å². The van der Waals surface area contributed by atoms with Crippen molar-refractivity contribution in [1.29, 1.82) is 0 Å². The van der Waals surface area contributed by atoms with E-state index in [1.807, 2.05) is 17.9 Å². The summed E-state index contributed by atoms with van der Waals surface area (Å²) < 4.78 is 0. The largest absolute Gasteiger partial charge is 0.354 e. The monoisotopic (exact) mass is 395 g/mol. The van der Waals surface area contributed by atoms with Gasteiger partial charge in [0.05, 0.1) is 0 Å². The van der Waals surface area contributed by atoms with Crippen molar-refractivity contribution in [2.45, 2.75) is 40.2 Å². The average Bonchev–Trinajstić information content (AvgIpc) is 2.74. The summed E-state index contributed by atoms with van der Waals surface area (Å²) in [5.41, 5.74) is 1.86. The quantitative estimate of drug-likeness (QED) is 0.686. The third-order valence-corrected chi connectivity index (χ3v) is 5.26. The lowest BCUT2D eigenvalue weighted by Gasteiger charge is -2.35. The van der Waals surface area contributed by atoms with Crippen LogP contribution in [0, 0.1) is 6.92 Å². The maximum absolute atomic E-state index is 13.0. The Labute approximate surface area is 174 Å². The van der Waals surface area contributed by atoms with E-state index in [-0.39, 0.29) is 5.91 Å². The van der Waals surface area contributed by atoms with Crippen molar-refractivity contribution in [1.82, 2.24) is 19.8 Å². The number of rotatable bonds is 8. The predicted molar refractivity (Wildman–Crippen MR) is 117 cm³/mol. The molecule has 1 aromatic heterocycles. The van der Waals surface area contributed by atoms with Crippen LogP contribution in [0.2, 0.25) is 0 Å². The zero-order chi connectivity index (χ0) is 20.6. The lowest BCUT2D eigenvalue weighted by molar-refractivity contribution is 0.0749. The van der Waals surface area contributed by atoms with Crippen LogP contribution < -0.4 is 4.90 Å². The van der Waals surface area contributed by atoms with E-state index < -0.39 is 0 Å². The molecular formula is C23H33N5O. The Bertz CT molecular complexity index is 781. The number of aryl methyl sites for hydroxylation is 1. The van der Waals surface area contributed by atoms with Gasteiger partial charge in [0.2, 0.25) is 0 Å². The Kier molecular flexibility index (Phi) is 7.58. The van der Waals surface area contributed by atoms with Crippen LogP contribution in [0.15, 0.2) is 36.4 Å². The molecule has 0 atom stereocenters. The number of aromatic nitrogens is 2. The second-order valence-corrected chi connectivity index (χ2v) is 7.70. The van der Waals surface area contributed by atoms with E-state index in [0.29, 0.717) is 11.5 Å². The van der Waals surface area contributed by atoms with E-state index >= 15 is 0 Å². The van der Waals surface area contributed by atoms with Crippen LogP contribution in [-0.2, 0) is 6.54 Å². The Morgan fingerprint density at radius 1 is 1.00 bits per heavy atom. The third kappa shape index (κ3) is 5.76. The van der Waals surface area contributed by atoms with E-state index in [1.54, 1.807) is 0 Å². The molecule has 1 aromatic carbocycles. The molecule has 6 nitrogen and oxygen atoms in total. The van der Waals surface area contributed by atoms with E-state index in [9.17, 15) is 4.79 Å². The Balaban J connectivity index is 1.66. The van der Waals surface area contributed by atoms with Crippen LogP contribution in [0.5, 0.6) is 0 Å². The van der Waals surface area contributed by atoms with Crippen LogP contribution in [0.3, 0.4) is 0 Å². The van der Waals surface area contributed by atoms with Crippen molar-refractivity contribution in [2.24, 2.45) is 0 Å². The predicted octanol–water partition coefficient (Wildman–Crippen LogP) is 3.37. The fraction of sp³-hybridized carbons (Fsp3) is 0.522. The Morgan fingerprint density at radius 2 is 1.66 bits per heavy atom. The lowest BCUT2D eigenvalue weighted by Crippen LogP contribution is -2.46. The topological polar surface area (TPSA) is 52.6 Å². The molecule has 0 spiro atoms. The minimum Gasteiger partial charge on any atom is -0.354 e. The fourth-order valence-corrected chi connectivity index (χ4v) is 3.82. The number of amides is 1. The Morgan fingerprint density at radius 3 is 2.28 bits per heavy atom. The molecule has 0 saturated carbocycles. The summed E-state index contributed by atoms with van der Waals surface area (Å²) in [7, 11) is 0. The zero-order valence-electron chi connectivity index (χ0n) is 18.0. The summed E-state index contributed by atoms with van der Waals surface area (Å²) in [5.74, 6) is 1.54. The van der Waals surface area contributed by atoms with Gasteiger partial charge in [0.15, 0.2) is 0 Å². The van der Waals surface area contributed by atoms with E-state index in [2.05, 4.69) is 63.9 Å². The molecule has 6 heteroatoms. The molecular weight excluding hydrogens is 362 g/mol. The summed E-state index contributed by atoms with van der Waals surface area (Å²) >= 11 is 0. The second-order valence-electron chi connectivity index (χ2n) is 7.70. The van der Waals surface area contributed by atoms with Crippen LogP contribution >= 0.6 is 0 Å². The molecule has 29 heavy (non-hydrogen) atoms. The zero-order valence-corrected chi connectivity index (χ0v) is 18.0. The first-order valence-electron chi connectivity index (χ1n) is 10.8. The number of nitrogens with zero attached hydrogens (tertiary/aromatic N) is 5. The highest BCUT2D eigenvalue weighted by Crippen LogP contribution is 2.18. The Hall–Kier alpha value is -2.47. The molecule has 1 aliphatic rings. The van der Waals surface area contributed by atoms with Crippen molar-refractivity contribution in [3.05, 3.63) is 53.5 Å². The highest BCUT2D eigenvalue weighted by Gasteiger charge is 2.22. The highest BCUT2D eigenvalue weighted by atomic mass is 16.2. The third-order valence-electron chi connectivity index (χ3n) is 5.26. The van der Waals surface area contributed by atoms with Crippen LogP contribution in [0.1, 0.15) is 48.6 Å². The lowest BCUT2D eigenvalue weighted by atomic mass is 10.2. The number of carbonyl (C=O) groups excluding carboxylic acids is 1. The van der Waals surface area contributed by atoms with E-state index in [0.717, 1.165) is 64.5 Å². The first kappa shape index (κ1) is 21.2. The van der Waals surface area contributed by atoms with Gasteiger partial charge in [-0.1, -0.05) is 44.2 Å². The molecule has 1 saturated heterocycles. The average molecular weight is 396 g/mol. The molecule has 0 bridgehead atoms. The standard InChI is InChI=1S/C23H33N5O/c1-4-11-28(12-5-2)23(29)21-17-22(25-19(3)24-21)27-15-13-26(14-16-27)18-20-9-7-6-8-10-20/h6-10,17H,4-5,11-16,18H2,1-3H3. The number of anilines is 1. The molecule has 2 heterocycles. The van der Waals surface area contributed by atoms with Crippen LogP contribution in [0.25, 0.3) is 0 Å². The molecule has 0 radical (unpaired) electrons. The number of hydrogen-bond acceptors (Lipinski definition) is 5. The number of hydrogen-bond donors (Lipinski definition) is 0. The van der Waals surface area contributed by atoms with E-state index in [4.69, 9.17) is 0 Å². The maximum Gasteiger partial charge on any atom is 0.272 e. The minimum atomic E-state index is 0.0168. The van der Waals surface area contributed by atoms with Gasteiger partial charge in [-0.2, -0.15) is 0 Å². The molecule has 156 valence electrons. The second kappa shape index (κ2) is 10.3. The van der Waals surface area contributed by atoms with Crippen molar-refractivity contribution < 1.29 is 4.79 Å². The maximum atomic E-state index is 13.0. The van der Waals surface area contributed by atoms with Gasteiger partial charge in [-0.15, -0.1) is 0 Å². The van der Waals surface area contributed by atoms with Gasteiger partial charge in [0.1, 0.15) is 17.3 Å². The number of piperazine rings is 1. The summed E-state index contributed by atoms with van der Waals surface area (Å²) in [6, 6.07) is 12.5. The summed E-state index contributed by atoms with van der Waals surface area (Å²) in [6.45, 7) is 12.4. The first-order chi connectivity index (χ1) is 14.1. The molecule has 0 N–H and O–H groups in total.